The van der Waals surface area contributed by atoms with Gasteiger partial charge in [0.25, 0.3) is 5.56 Å². The molecule has 3 fully saturated rings. The van der Waals surface area contributed by atoms with E-state index in [0.29, 0.717) is 11.2 Å². The maximum absolute atomic E-state index is 14.0. The summed E-state index contributed by atoms with van der Waals surface area (Å²) in [5, 5.41) is 11.5. The average molecular weight is 682 g/mol. The summed E-state index contributed by atoms with van der Waals surface area (Å²) in [5.74, 6) is 0.0162. The predicted molar refractivity (Wildman–Crippen MR) is 158 cm³/mol. The van der Waals surface area contributed by atoms with Crippen LogP contribution in [0.15, 0.2) is 23.8 Å². The first-order chi connectivity index (χ1) is 21.9. The number of anilines is 2. The first-order valence-corrected chi connectivity index (χ1v) is 17.2. The van der Waals surface area contributed by atoms with Gasteiger partial charge in [-0.15, -0.1) is 9.05 Å². The van der Waals surface area contributed by atoms with Gasteiger partial charge >= 0.3 is 15.9 Å². The van der Waals surface area contributed by atoms with Gasteiger partial charge in [0.15, 0.2) is 35.0 Å². The number of aliphatic hydroxyl groups excluding tert-OH is 1. The molecule has 3 aliphatic rings. The normalized spacial score (nSPS) is 36.3. The molecular formula is C24H31N10O10P2+. The summed E-state index contributed by atoms with van der Waals surface area (Å²) in [4.78, 5) is 35.7. The van der Waals surface area contributed by atoms with Gasteiger partial charge in [0.2, 0.25) is 5.95 Å². The first-order valence-electron chi connectivity index (χ1n) is 14.1. The van der Waals surface area contributed by atoms with Crippen molar-refractivity contribution in [3.8, 4) is 0 Å². The SMILES string of the molecule is CO[C@H]1[C@H]2OP(C)(=O)OC[C@@]3(C)C[C@@H](n4cnc5c(N)ncnc54)[C@H](O)[C@@H]3O[P+](=O)OC[C@H]1O[C@H]2n1cnc2c(=O)[nH]c(N)nc21. The molecule has 0 amide bonds. The van der Waals surface area contributed by atoms with Gasteiger partial charge in [-0.05, 0) is 6.42 Å². The molecular weight excluding hydrogens is 650 g/mol. The van der Waals surface area contributed by atoms with Crippen molar-refractivity contribution in [1.29, 1.82) is 0 Å². The third-order valence-electron chi connectivity index (χ3n) is 8.58. The van der Waals surface area contributed by atoms with Gasteiger partial charge in [-0.1, -0.05) is 6.92 Å². The highest BCUT2D eigenvalue weighted by atomic mass is 31.2. The van der Waals surface area contributed by atoms with Crippen LogP contribution in [0.3, 0.4) is 0 Å². The number of ether oxygens (including phenoxy) is 2. The standard InChI is InChI=1S/C24H30N10O10P2/c1-24-4-10(33-8-29-12-18(25)27-7-28-19(12)33)14(35)17(24)43-45(37)40-5-11-15(39-2)16(44-46(3,38)41-6-24)22(42-11)34-9-30-13-20(34)31-23(26)32-21(13)36/h7-11,14-17,22,35H,4-6H2,1-3H3,(H4-,25,26,27,28,31,32,36)/p+1/t10-,11-,14+,15-,16-,17+,22-,24-,46?/m1/s1. The molecule has 246 valence electrons. The summed E-state index contributed by atoms with van der Waals surface area (Å²) in [6.07, 6.45) is -2.13. The summed E-state index contributed by atoms with van der Waals surface area (Å²) in [6.45, 7) is 2.48. The van der Waals surface area contributed by atoms with E-state index in [1.165, 1.54) is 37.3 Å². The van der Waals surface area contributed by atoms with Gasteiger partial charge in [0.1, 0.15) is 42.9 Å². The van der Waals surface area contributed by atoms with E-state index in [4.69, 9.17) is 39.0 Å². The largest absolute Gasteiger partial charge is 0.697 e. The Labute approximate surface area is 260 Å². The lowest BCUT2D eigenvalue weighted by Crippen LogP contribution is -2.39. The van der Waals surface area contributed by atoms with Gasteiger partial charge < -0.3 is 35.1 Å². The molecule has 10 atom stereocenters. The zero-order chi connectivity index (χ0) is 32.5. The molecule has 1 aliphatic carbocycles. The first kappa shape index (κ1) is 31.2. The maximum atomic E-state index is 14.0. The van der Waals surface area contributed by atoms with E-state index in [1.807, 2.05) is 0 Å². The summed E-state index contributed by atoms with van der Waals surface area (Å²) in [7, 11) is -5.37. The molecule has 2 bridgehead atoms. The van der Waals surface area contributed by atoms with Crippen LogP contribution in [0.2, 0.25) is 0 Å². The number of aliphatic hydroxyl groups is 1. The molecule has 22 heteroatoms. The number of nitrogen functional groups attached to an aromatic ring is 2. The molecule has 6 N–H and O–H groups in total. The molecule has 2 unspecified atom stereocenters. The van der Waals surface area contributed by atoms with Crippen LogP contribution in [0.5, 0.6) is 0 Å². The predicted octanol–water partition coefficient (Wildman–Crippen LogP) is 0.646. The Bertz CT molecular complexity index is 1940. The molecule has 1 saturated carbocycles. The number of H-pyrrole nitrogens is 1. The lowest BCUT2D eigenvalue weighted by atomic mass is 9.87. The van der Waals surface area contributed by atoms with E-state index in [1.54, 1.807) is 11.5 Å². The Hall–Kier alpha value is -3.45. The van der Waals surface area contributed by atoms with Crippen LogP contribution in [0.4, 0.5) is 11.8 Å². The number of nitrogens with zero attached hydrogens (tertiary/aromatic N) is 7. The fraction of sp³-hybridized carbons (Fsp3) is 0.583. The van der Waals surface area contributed by atoms with E-state index in [2.05, 4.69) is 29.9 Å². The second-order valence-corrected chi connectivity index (χ2v) is 14.6. The number of rotatable bonds is 3. The minimum absolute atomic E-state index is 0.0137. The number of aromatic amines is 1. The van der Waals surface area contributed by atoms with E-state index in [0.717, 1.165) is 0 Å². The minimum Gasteiger partial charge on any atom is -0.388 e. The third-order valence-corrected chi connectivity index (χ3v) is 10.6. The van der Waals surface area contributed by atoms with Crippen molar-refractivity contribution in [2.75, 3.05) is 38.5 Å². The summed E-state index contributed by atoms with van der Waals surface area (Å²) in [5.41, 5.74) is 10.9. The molecule has 2 saturated heterocycles. The summed E-state index contributed by atoms with van der Waals surface area (Å²) < 4.78 is 65.7. The minimum atomic E-state index is -3.93. The monoisotopic (exact) mass is 681 g/mol. The number of hydrogen-bond acceptors (Lipinski definition) is 17. The zero-order valence-electron chi connectivity index (χ0n) is 24.7. The Morgan fingerprint density at radius 3 is 2.72 bits per heavy atom. The number of hydrogen-bond donors (Lipinski definition) is 4. The Morgan fingerprint density at radius 2 is 1.93 bits per heavy atom. The quantitative estimate of drug-likeness (QED) is 0.216. The van der Waals surface area contributed by atoms with Gasteiger partial charge in [-0.3, -0.25) is 23.4 Å². The van der Waals surface area contributed by atoms with Crippen molar-refractivity contribution in [2.24, 2.45) is 5.41 Å². The third kappa shape index (κ3) is 5.19. The van der Waals surface area contributed by atoms with Crippen molar-refractivity contribution in [3.63, 3.8) is 0 Å². The molecule has 20 nitrogen and oxygen atoms in total. The second-order valence-electron chi connectivity index (χ2n) is 11.7. The number of nitrogens with two attached hydrogens (primary N) is 2. The summed E-state index contributed by atoms with van der Waals surface area (Å²) in [6, 6.07) is -0.675. The number of aromatic nitrogens is 8. The van der Waals surface area contributed by atoms with Gasteiger partial charge in [-0.25, -0.2) is 19.9 Å². The van der Waals surface area contributed by atoms with Gasteiger partial charge in [-0.2, -0.15) is 4.98 Å². The van der Waals surface area contributed by atoms with Crippen LogP contribution < -0.4 is 17.0 Å². The van der Waals surface area contributed by atoms with Gasteiger partial charge in [0, 0.05) is 23.8 Å². The van der Waals surface area contributed by atoms with Crippen molar-refractivity contribution in [1.82, 2.24) is 39.0 Å². The van der Waals surface area contributed by atoms with E-state index in [9.17, 15) is 19.0 Å². The Kier molecular flexibility index (Phi) is 7.70. The van der Waals surface area contributed by atoms with Crippen molar-refractivity contribution in [2.45, 2.75) is 56.1 Å². The molecule has 46 heavy (non-hydrogen) atoms. The molecule has 4 aromatic heterocycles. The van der Waals surface area contributed by atoms with Gasteiger partial charge in [0.05, 0.1) is 25.3 Å². The average Bonchev–Trinajstić information content (AvgIpc) is 3.75. The van der Waals surface area contributed by atoms with Crippen LogP contribution in [-0.2, 0) is 36.7 Å². The fourth-order valence-electron chi connectivity index (χ4n) is 6.40. The number of nitrogens with one attached hydrogen (secondary N) is 1. The Balaban J connectivity index is 1.22. The second kappa shape index (κ2) is 11.4. The van der Waals surface area contributed by atoms with Crippen LogP contribution >= 0.6 is 15.9 Å². The zero-order valence-corrected chi connectivity index (χ0v) is 26.5. The molecule has 0 radical (unpaired) electrons. The molecule has 2 aliphatic heterocycles. The van der Waals surface area contributed by atoms with E-state index >= 15 is 0 Å². The topological polar surface area (TPSA) is 269 Å². The van der Waals surface area contributed by atoms with E-state index < -0.39 is 69.6 Å². The van der Waals surface area contributed by atoms with Crippen molar-refractivity contribution in [3.05, 3.63) is 29.3 Å². The molecule has 6 heterocycles. The lowest BCUT2D eigenvalue weighted by Gasteiger charge is -2.31. The van der Waals surface area contributed by atoms with Crippen molar-refractivity contribution >= 4 is 49.9 Å². The van der Waals surface area contributed by atoms with Crippen LogP contribution in [0.1, 0.15) is 25.6 Å². The molecule has 0 aromatic carbocycles. The number of methoxy groups -OCH3 is 1. The van der Waals surface area contributed by atoms with E-state index in [-0.39, 0.29) is 42.6 Å². The molecule has 4 aromatic rings. The lowest BCUT2D eigenvalue weighted by molar-refractivity contribution is -0.0596. The Morgan fingerprint density at radius 1 is 1.17 bits per heavy atom. The molecule has 7 rings (SSSR count). The highest BCUT2D eigenvalue weighted by molar-refractivity contribution is 7.53. The maximum Gasteiger partial charge on any atom is 0.697 e. The summed E-state index contributed by atoms with van der Waals surface area (Å²) >= 11 is 0. The van der Waals surface area contributed by atoms with Crippen molar-refractivity contribution < 1.29 is 41.8 Å². The fourth-order valence-corrected chi connectivity index (χ4v) is 8.55. The highest BCUT2D eigenvalue weighted by Gasteiger charge is 2.58. The number of fused-ring (bicyclic) bond motifs is 5. The molecule has 0 spiro atoms. The van der Waals surface area contributed by atoms with Crippen LogP contribution in [0, 0.1) is 5.41 Å². The van der Waals surface area contributed by atoms with Crippen LogP contribution in [-0.4, -0.2) is 102 Å². The smallest absolute Gasteiger partial charge is 0.388 e. The number of imidazole rings is 2. The van der Waals surface area contributed by atoms with Crippen LogP contribution in [0.25, 0.3) is 22.3 Å². The highest BCUT2D eigenvalue weighted by Crippen LogP contribution is 2.56.